The average Bonchev–Trinajstić information content (AvgIpc) is 3.19. The number of aromatic nitrogens is 2. The van der Waals surface area contributed by atoms with Crippen molar-refractivity contribution >= 4 is 11.6 Å². The van der Waals surface area contributed by atoms with E-state index in [1.54, 1.807) is 0 Å². The van der Waals surface area contributed by atoms with Gasteiger partial charge in [-0.1, -0.05) is 35.8 Å². The third kappa shape index (κ3) is 3.38. The highest BCUT2D eigenvalue weighted by Gasteiger charge is 2.28. The van der Waals surface area contributed by atoms with Crippen molar-refractivity contribution in [2.24, 2.45) is 0 Å². The number of nitrogens with zero attached hydrogens (tertiary/aromatic N) is 3. The summed E-state index contributed by atoms with van der Waals surface area (Å²) in [6.45, 7) is 4.57. The lowest BCUT2D eigenvalue weighted by atomic mass is 10.2. The highest BCUT2D eigenvalue weighted by molar-refractivity contribution is 6.30. The fourth-order valence-corrected chi connectivity index (χ4v) is 2.42. The van der Waals surface area contributed by atoms with Crippen molar-refractivity contribution < 1.29 is 4.52 Å². The molecule has 4 nitrogen and oxygen atoms in total. The minimum atomic E-state index is 0.538. The molecule has 3 rings (SSSR count). The summed E-state index contributed by atoms with van der Waals surface area (Å²) in [6, 6.07) is 7.94. The summed E-state index contributed by atoms with van der Waals surface area (Å²) in [5.41, 5.74) is 1.20. The molecule has 1 aromatic heterocycles. The molecule has 1 fully saturated rings. The maximum atomic E-state index is 6.02. The molecule has 0 spiro atoms. The van der Waals surface area contributed by atoms with Crippen LogP contribution >= 0.6 is 11.6 Å². The van der Waals surface area contributed by atoms with Gasteiger partial charge in [0.2, 0.25) is 5.89 Å². The molecule has 0 radical (unpaired) electrons. The molecule has 1 aromatic carbocycles. The van der Waals surface area contributed by atoms with E-state index in [1.807, 2.05) is 18.2 Å². The van der Waals surface area contributed by atoms with Crippen molar-refractivity contribution in [1.29, 1.82) is 0 Å². The van der Waals surface area contributed by atoms with Crippen molar-refractivity contribution in [1.82, 2.24) is 15.0 Å². The quantitative estimate of drug-likeness (QED) is 0.815. The van der Waals surface area contributed by atoms with Gasteiger partial charge in [-0.15, -0.1) is 0 Å². The second-order valence-corrected chi connectivity index (χ2v) is 5.69. The number of hydrogen-bond acceptors (Lipinski definition) is 4. The molecule has 5 heteroatoms. The molecular formula is C15H18ClN3O. The minimum absolute atomic E-state index is 0.538. The zero-order chi connectivity index (χ0) is 13.9. The van der Waals surface area contributed by atoms with Crippen LogP contribution in [0.3, 0.4) is 0 Å². The first-order chi connectivity index (χ1) is 9.74. The van der Waals surface area contributed by atoms with Gasteiger partial charge in [0.15, 0.2) is 5.82 Å². The summed E-state index contributed by atoms with van der Waals surface area (Å²) in [6.07, 6.45) is 2.39. The molecule has 1 aliphatic carbocycles. The van der Waals surface area contributed by atoms with Gasteiger partial charge >= 0.3 is 0 Å². The fraction of sp³-hybridized carbons (Fsp3) is 0.467. The van der Waals surface area contributed by atoms with E-state index >= 15 is 0 Å². The summed E-state index contributed by atoms with van der Waals surface area (Å²) in [5, 5.41) is 4.82. The first kappa shape index (κ1) is 13.6. The number of benzene rings is 1. The predicted molar refractivity (Wildman–Crippen MR) is 77.5 cm³/mol. The van der Waals surface area contributed by atoms with E-state index in [2.05, 4.69) is 28.0 Å². The van der Waals surface area contributed by atoms with Gasteiger partial charge in [-0.25, -0.2) is 0 Å². The van der Waals surface area contributed by atoms with Crippen LogP contribution in [-0.2, 0) is 13.1 Å². The van der Waals surface area contributed by atoms with Crippen LogP contribution in [0.4, 0.5) is 0 Å². The Morgan fingerprint density at radius 2 is 2.20 bits per heavy atom. The molecule has 0 saturated heterocycles. The molecule has 0 atom stereocenters. The molecule has 0 N–H and O–H groups in total. The van der Waals surface area contributed by atoms with Crippen LogP contribution < -0.4 is 0 Å². The lowest BCUT2D eigenvalue weighted by molar-refractivity contribution is 0.228. The first-order valence-electron chi connectivity index (χ1n) is 7.04. The van der Waals surface area contributed by atoms with Crippen molar-refractivity contribution in [2.45, 2.75) is 38.8 Å². The smallest absolute Gasteiger partial charge is 0.240 e. The Morgan fingerprint density at radius 1 is 1.35 bits per heavy atom. The summed E-state index contributed by atoms with van der Waals surface area (Å²) < 4.78 is 5.33. The highest BCUT2D eigenvalue weighted by Crippen LogP contribution is 2.38. The molecule has 2 aromatic rings. The van der Waals surface area contributed by atoms with Crippen LogP contribution in [-0.4, -0.2) is 21.6 Å². The van der Waals surface area contributed by atoms with Crippen LogP contribution in [0.25, 0.3) is 0 Å². The van der Waals surface area contributed by atoms with Gasteiger partial charge in [0, 0.05) is 17.5 Å². The van der Waals surface area contributed by atoms with E-state index in [-0.39, 0.29) is 0 Å². The Bertz CT molecular complexity index is 580. The average molecular weight is 292 g/mol. The molecule has 1 aliphatic rings. The molecule has 0 bridgehead atoms. The van der Waals surface area contributed by atoms with Gasteiger partial charge in [-0.2, -0.15) is 4.98 Å². The normalized spacial score (nSPS) is 14.9. The Kier molecular flexibility index (Phi) is 4.03. The van der Waals surface area contributed by atoms with E-state index < -0.39 is 0 Å². The Hall–Kier alpha value is -1.39. The molecule has 0 aliphatic heterocycles. The zero-order valence-corrected chi connectivity index (χ0v) is 12.3. The van der Waals surface area contributed by atoms with Crippen molar-refractivity contribution in [3.05, 3.63) is 46.6 Å². The SMILES string of the molecule is CCN(Cc1cccc(Cl)c1)Cc1nc(C2CC2)no1. The van der Waals surface area contributed by atoms with Gasteiger partial charge in [0.05, 0.1) is 6.54 Å². The molecule has 106 valence electrons. The Morgan fingerprint density at radius 3 is 2.90 bits per heavy atom. The third-order valence-electron chi connectivity index (χ3n) is 3.53. The lowest BCUT2D eigenvalue weighted by Crippen LogP contribution is -2.22. The number of rotatable bonds is 6. The Labute approximate surface area is 123 Å². The molecular weight excluding hydrogens is 274 g/mol. The Balaban J connectivity index is 1.63. The molecule has 0 unspecified atom stereocenters. The monoisotopic (exact) mass is 291 g/mol. The molecule has 1 heterocycles. The first-order valence-corrected chi connectivity index (χ1v) is 7.41. The summed E-state index contributed by atoms with van der Waals surface area (Å²) in [7, 11) is 0. The third-order valence-corrected chi connectivity index (χ3v) is 3.76. The molecule has 1 saturated carbocycles. The van der Waals surface area contributed by atoms with Crippen LogP contribution in [0.2, 0.25) is 5.02 Å². The second-order valence-electron chi connectivity index (χ2n) is 5.25. The largest absolute Gasteiger partial charge is 0.338 e. The molecule has 20 heavy (non-hydrogen) atoms. The molecule has 0 amide bonds. The van der Waals surface area contributed by atoms with Gasteiger partial charge in [-0.3, -0.25) is 4.90 Å². The van der Waals surface area contributed by atoms with Crippen molar-refractivity contribution in [3.8, 4) is 0 Å². The van der Waals surface area contributed by atoms with Gasteiger partial charge < -0.3 is 4.52 Å². The van der Waals surface area contributed by atoms with Gasteiger partial charge in [0.25, 0.3) is 0 Å². The van der Waals surface area contributed by atoms with Crippen molar-refractivity contribution in [3.63, 3.8) is 0 Å². The zero-order valence-electron chi connectivity index (χ0n) is 11.6. The highest BCUT2D eigenvalue weighted by atomic mass is 35.5. The van der Waals surface area contributed by atoms with Crippen LogP contribution in [0.5, 0.6) is 0 Å². The minimum Gasteiger partial charge on any atom is -0.338 e. The van der Waals surface area contributed by atoms with E-state index in [9.17, 15) is 0 Å². The second kappa shape index (κ2) is 5.94. The number of halogens is 1. The maximum Gasteiger partial charge on any atom is 0.240 e. The summed E-state index contributed by atoms with van der Waals surface area (Å²) in [4.78, 5) is 6.73. The summed E-state index contributed by atoms with van der Waals surface area (Å²) in [5.74, 6) is 2.12. The van der Waals surface area contributed by atoms with E-state index in [1.165, 1.54) is 18.4 Å². The fourth-order valence-electron chi connectivity index (χ4n) is 2.20. The number of hydrogen-bond donors (Lipinski definition) is 0. The van der Waals surface area contributed by atoms with Crippen LogP contribution in [0, 0.1) is 0 Å². The van der Waals surface area contributed by atoms with Gasteiger partial charge in [0.1, 0.15) is 0 Å². The van der Waals surface area contributed by atoms with E-state index in [0.29, 0.717) is 18.4 Å². The standard InChI is InChI=1S/C15H18ClN3O/c1-2-19(9-11-4-3-5-13(16)8-11)10-14-17-15(18-20-14)12-6-7-12/h3-5,8,12H,2,6-7,9-10H2,1H3. The summed E-state index contributed by atoms with van der Waals surface area (Å²) >= 11 is 6.02. The topological polar surface area (TPSA) is 42.2 Å². The van der Waals surface area contributed by atoms with Crippen molar-refractivity contribution in [2.75, 3.05) is 6.54 Å². The van der Waals surface area contributed by atoms with Crippen LogP contribution in [0.15, 0.2) is 28.8 Å². The van der Waals surface area contributed by atoms with E-state index in [0.717, 1.165) is 23.9 Å². The van der Waals surface area contributed by atoms with Crippen LogP contribution in [0.1, 0.15) is 43.0 Å². The predicted octanol–water partition coefficient (Wildman–Crippen LogP) is 3.62. The maximum absolute atomic E-state index is 6.02. The van der Waals surface area contributed by atoms with Gasteiger partial charge in [-0.05, 0) is 37.1 Å². The lowest BCUT2D eigenvalue weighted by Gasteiger charge is -2.18. The van der Waals surface area contributed by atoms with E-state index in [4.69, 9.17) is 16.1 Å².